The topological polar surface area (TPSA) is 58.6 Å². The van der Waals surface area contributed by atoms with E-state index in [-0.39, 0.29) is 11.8 Å². The average Bonchev–Trinajstić information content (AvgIpc) is 2.89. The molecule has 1 aliphatic heterocycles. The van der Waals surface area contributed by atoms with Crippen LogP contribution in [0.4, 0.5) is 5.69 Å². The molecule has 5 heteroatoms. The third-order valence-electron chi connectivity index (χ3n) is 4.43. The molecule has 0 aliphatic carbocycles. The van der Waals surface area contributed by atoms with Gasteiger partial charge in [-0.2, -0.15) is 0 Å². The van der Waals surface area contributed by atoms with Crippen molar-refractivity contribution in [2.24, 2.45) is 0 Å². The highest BCUT2D eigenvalue weighted by Gasteiger charge is 2.37. The van der Waals surface area contributed by atoms with Gasteiger partial charge in [0.1, 0.15) is 11.8 Å². The Kier molecular flexibility index (Phi) is 5.56. The molecule has 0 aromatic heterocycles. The molecule has 2 aromatic carbocycles. The highest BCUT2D eigenvalue weighted by Crippen LogP contribution is 2.36. The lowest BCUT2D eigenvalue weighted by Crippen LogP contribution is -2.36. The van der Waals surface area contributed by atoms with E-state index in [1.807, 2.05) is 48.5 Å². The number of hydrogen-bond acceptors (Lipinski definition) is 3. The number of benzene rings is 2. The molecule has 0 radical (unpaired) electrons. The van der Waals surface area contributed by atoms with Gasteiger partial charge in [0.2, 0.25) is 5.91 Å². The second kappa shape index (κ2) is 8.04. The van der Waals surface area contributed by atoms with Crippen LogP contribution in [0.3, 0.4) is 0 Å². The van der Waals surface area contributed by atoms with E-state index < -0.39 is 6.04 Å². The first-order chi connectivity index (χ1) is 12.6. The van der Waals surface area contributed by atoms with Gasteiger partial charge in [-0.3, -0.25) is 9.59 Å². The van der Waals surface area contributed by atoms with Crippen LogP contribution >= 0.6 is 0 Å². The molecule has 1 aliphatic rings. The van der Waals surface area contributed by atoms with Crippen LogP contribution in [0.25, 0.3) is 0 Å². The fraction of sp³-hybridized carbons (Fsp3) is 0.333. The minimum atomic E-state index is -0.611. The van der Waals surface area contributed by atoms with Crippen LogP contribution in [0.2, 0.25) is 0 Å². The van der Waals surface area contributed by atoms with Gasteiger partial charge in [0.05, 0.1) is 13.2 Å². The van der Waals surface area contributed by atoms with Gasteiger partial charge in [0, 0.05) is 18.2 Å². The Morgan fingerprint density at radius 3 is 2.58 bits per heavy atom. The first-order valence-corrected chi connectivity index (χ1v) is 8.99. The number of nitrogens with zero attached hydrogens (tertiary/aromatic N) is 1. The Morgan fingerprint density at radius 2 is 1.88 bits per heavy atom. The molecule has 0 saturated heterocycles. The third-order valence-corrected chi connectivity index (χ3v) is 4.43. The summed E-state index contributed by atoms with van der Waals surface area (Å²) >= 11 is 0. The van der Waals surface area contributed by atoms with Crippen LogP contribution in [0.5, 0.6) is 5.75 Å². The van der Waals surface area contributed by atoms with Crippen molar-refractivity contribution >= 4 is 17.5 Å². The van der Waals surface area contributed by atoms with Gasteiger partial charge in [0.25, 0.3) is 5.91 Å². The van der Waals surface area contributed by atoms with E-state index in [2.05, 4.69) is 12.2 Å². The minimum Gasteiger partial charge on any atom is -0.494 e. The van der Waals surface area contributed by atoms with E-state index in [1.165, 1.54) is 6.92 Å². The van der Waals surface area contributed by atoms with Gasteiger partial charge in [0.15, 0.2) is 0 Å². The molecule has 0 saturated carbocycles. The van der Waals surface area contributed by atoms with Gasteiger partial charge in [-0.1, -0.05) is 43.7 Å². The van der Waals surface area contributed by atoms with Gasteiger partial charge < -0.3 is 15.0 Å². The molecule has 0 unspecified atom stereocenters. The van der Waals surface area contributed by atoms with Crippen LogP contribution in [0, 0.1) is 0 Å². The second-order valence-corrected chi connectivity index (χ2v) is 6.46. The molecule has 0 spiro atoms. The highest BCUT2D eigenvalue weighted by atomic mass is 16.5. The summed E-state index contributed by atoms with van der Waals surface area (Å²) in [4.78, 5) is 26.0. The summed E-state index contributed by atoms with van der Waals surface area (Å²) in [5.41, 5.74) is 2.70. The predicted molar refractivity (Wildman–Crippen MR) is 101 cm³/mol. The number of rotatable bonds is 7. The molecule has 2 aromatic rings. The Bertz CT molecular complexity index is 786. The number of anilines is 1. The van der Waals surface area contributed by atoms with Crippen molar-refractivity contribution < 1.29 is 14.3 Å². The largest absolute Gasteiger partial charge is 0.494 e. The van der Waals surface area contributed by atoms with E-state index >= 15 is 0 Å². The number of nitrogens with one attached hydrogen (secondary N) is 1. The van der Waals surface area contributed by atoms with Crippen molar-refractivity contribution in [2.45, 2.75) is 39.3 Å². The molecule has 0 bridgehead atoms. The normalized spacial score (nSPS) is 15.7. The Labute approximate surface area is 154 Å². The first kappa shape index (κ1) is 18.0. The van der Waals surface area contributed by atoms with Crippen LogP contribution in [-0.4, -0.2) is 18.4 Å². The number of carbonyl (C=O) groups is 2. The lowest BCUT2D eigenvalue weighted by Gasteiger charge is -2.18. The van der Waals surface area contributed by atoms with Crippen molar-refractivity contribution in [3.05, 3.63) is 59.7 Å². The molecular formula is C21H24N2O3. The van der Waals surface area contributed by atoms with Crippen LogP contribution < -0.4 is 15.0 Å². The predicted octanol–water partition coefficient (Wildman–Crippen LogP) is 3.59. The fourth-order valence-electron chi connectivity index (χ4n) is 3.10. The highest BCUT2D eigenvalue weighted by molar-refractivity contribution is 6.06. The Morgan fingerprint density at radius 1 is 1.15 bits per heavy atom. The Balaban J connectivity index is 1.75. The van der Waals surface area contributed by atoms with E-state index in [1.54, 1.807) is 4.90 Å². The lowest BCUT2D eigenvalue weighted by atomic mass is 10.1. The molecule has 5 nitrogen and oxygen atoms in total. The van der Waals surface area contributed by atoms with Gasteiger partial charge in [-0.05, 0) is 30.2 Å². The van der Waals surface area contributed by atoms with Crippen molar-refractivity contribution in [3.63, 3.8) is 0 Å². The van der Waals surface area contributed by atoms with Crippen LogP contribution in [-0.2, 0) is 16.1 Å². The third kappa shape index (κ3) is 3.87. The SMILES string of the molecule is CCCCOc1ccc(CN2C(=O)[C@@H](NC(C)=O)c3ccccc32)cc1. The van der Waals surface area contributed by atoms with Crippen molar-refractivity contribution in [1.82, 2.24) is 5.32 Å². The standard InChI is InChI=1S/C21H24N2O3/c1-3-4-13-26-17-11-9-16(10-12-17)14-23-19-8-6-5-7-18(19)20(21(23)25)22-15(2)24/h5-12,20H,3-4,13-14H2,1-2H3,(H,22,24)/t20-/m0/s1. The van der Waals surface area contributed by atoms with Crippen molar-refractivity contribution in [3.8, 4) is 5.75 Å². The first-order valence-electron chi connectivity index (χ1n) is 8.99. The summed E-state index contributed by atoms with van der Waals surface area (Å²) in [6.45, 7) is 4.73. The van der Waals surface area contributed by atoms with E-state index in [4.69, 9.17) is 4.74 Å². The number of carbonyl (C=O) groups excluding carboxylic acids is 2. The zero-order valence-corrected chi connectivity index (χ0v) is 15.2. The van der Waals surface area contributed by atoms with Crippen molar-refractivity contribution in [1.29, 1.82) is 0 Å². The maximum Gasteiger partial charge on any atom is 0.254 e. The number of hydrogen-bond donors (Lipinski definition) is 1. The van der Waals surface area contributed by atoms with E-state index in [0.717, 1.165) is 35.4 Å². The van der Waals surface area contributed by atoms with Crippen LogP contribution in [0.1, 0.15) is 43.9 Å². The van der Waals surface area contributed by atoms with E-state index in [9.17, 15) is 9.59 Å². The van der Waals surface area contributed by atoms with E-state index in [0.29, 0.717) is 13.2 Å². The summed E-state index contributed by atoms with van der Waals surface area (Å²) in [5.74, 6) is 0.518. The van der Waals surface area contributed by atoms with Crippen LogP contribution in [0.15, 0.2) is 48.5 Å². The molecule has 0 fully saturated rings. The summed E-state index contributed by atoms with van der Waals surface area (Å²) in [6, 6.07) is 14.8. The molecule has 2 amide bonds. The maximum absolute atomic E-state index is 12.8. The quantitative estimate of drug-likeness (QED) is 0.775. The molecular weight excluding hydrogens is 328 g/mol. The van der Waals surface area contributed by atoms with Crippen molar-refractivity contribution in [2.75, 3.05) is 11.5 Å². The summed E-state index contributed by atoms with van der Waals surface area (Å²) < 4.78 is 5.68. The summed E-state index contributed by atoms with van der Waals surface area (Å²) in [5, 5.41) is 2.75. The number of amides is 2. The smallest absolute Gasteiger partial charge is 0.254 e. The zero-order chi connectivity index (χ0) is 18.5. The number of ether oxygens (including phenoxy) is 1. The lowest BCUT2D eigenvalue weighted by molar-refractivity contribution is -0.126. The zero-order valence-electron chi connectivity index (χ0n) is 15.2. The Hall–Kier alpha value is -2.82. The number of unbranched alkanes of at least 4 members (excludes halogenated alkanes) is 1. The fourth-order valence-corrected chi connectivity index (χ4v) is 3.10. The molecule has 1 heterocycles. The van der Waals surface area contributed by atoms with Gasteiger partial charge in [-0.25, -0.2) is 0 Å². The molecule has 136 valence electrons. The molecule has 26 heavy (non-hydrogen) atoms. The van der Waals surface area contributed by atoms with Gasteiger partial charge >= 0.3 is 0 Å². The number of para-hydroxylation sites is 1. The maximum atomic E-state index is 12.8. The second-order valence-electron chi connectivity index (χ2n) is 6.46. The molecule has 1 N–H and O–H groups in total. The molecule has 1 atom stereocenters. The summed E-state index contributed by atoms with van der Waals surface area (Å²) in [7, 11) is 0. The summed E-state index contributed by atoms with van der Waals surface area (Å²) in [6.07, 6.45) is 2.13. The number of fused-ring (bicyclic) bond motifs is 1. The van der Waals surface area contributed by atoms with Gasteiger partial charge in [-0.15, -0.1) is 0 Å². The average molecular weight is 352 g/mol. The monoisotopic (exact) mass is 352 g/mol. The molecule has 3 rings (SSSR count). The minimum absolute atomic E-state index is 0.107.